The second-order valence-corrected chi connectivity index (χ2v) is 5.58. The summed E-state index contributed by atoms with van der Waals surface area (Å²) in [6, 6.07) is 9.63. The summed E-state index contributed by atoms with van der Waals surface area (Å²) in [5.74, 6) is 6.06. The van der Waals surface area contributed by atoms with E-state index in [0.717, 1.165) is 23.7 Å². The number of fused-ring (bicyclic) bond motifs is 1. The summed E-state index contributed by atoms with van der Waals surface area (Å²) < 4.78 is 0. The average Bonchev–Trinajstić information content (AvgIpc) is 3.24. The quantitative estimate of drug-likeness (QED) is 0.582. The number of carbonyl (C=O) groups is 1. The summed E-state index contributed by atoms with van der Waals surface area (Å²) in [5.41, 5.74) is 4.53. The first-order valence-electron chi connectivity index (χ1n) is 7.40. The standard InChI is InChI=1S/C16H20N4O/c1-2-5-10-8-13(10)19-16(21)15-9-14(20-17)11-6-3-4-7-12(11)18-15/h3-4,6-7,9-10,13H,2,5,8,17H2,1H3,(H,18,20)(H,19,21). The first kappa shape index (κ1) is 13.8. The van der Waals surface area contributed by atoms with Gasteiger partial charge in [0.15, 0.2) is 0 Å². The van der Waals surface area contributed by atoms with Crippen LogP contribution in [0.2, 0.25) is 0 Å². The van der Waals surface area contributed by atoms with Crippen molar-refractivity contribution < 1.29 is 4.79 Å². The summed E-state index contributed by atoms with van der Waals surface area (Å²) in [5, 5.41) is 3.96. The Morgan fingerprint density at radius 3 is 3.00 bits per heavy atom. The topological polar surface area (TPSA) is 80.0 Å². The lowest BCUT2D eigenvalue weighted by atomic mass is 10.1. The molecular weight excluding hydrogens is 264 g/mol. The maximum atomic E-state index is 12.3. The lowest BCUT2D eigenvalue weighted by Crippen LogP contribution is -2.28. The number of nitrogens with one attached hydrogen (secondary N) is 2. The fraction of sp³-hybridized carbons (Fsp3) is 0.375. The lowest BCUT2D eigenvalue weighted by Gasteiger charge is -2.09. The van der Waals surface area contributed by atoms with Crippen molar-refractivity contribution in [3.8, 4) is 0 Å². The van der Waals surface area contributed by atoms with Crippen molar-refractivity contribution in [2.24, 2.45) is 11.8 Å². The van der Waals surface area contributed by atoms with Crippen LogP contribution in [-0.4, -0.2) is 16.9 Å². The summed E-state index contributed by atoms with van der Waals surface area (Å²) in [7, 11) is 0. The number of nitrogen functional groups attached to an aromatic ring is 1. The van der Waals surface area contributed by atoms with Gasteiger partial charge in [-0.2, -0.15) is 0 Å². The predicted molar refractivity (Wildman–Crippen MR) is 83.8 cm³/mol. The first-order chi connectivity index (χ1) is 10.2. The molecule has 2 aromatic rings. The number of amides is 1. The zero-order chi connectivity index (χ0) is 14.8. The van der Waals surface area contributed by atoms with E-state index in [9.17, 15) is 4.79 Å². The number of carbonyl (C=O) groups excluding carboxylic acids is 1. The van der Waals surface area contributed by atoms with E-state index in [0.29, 0.717) is 23.3 Å². The molecule has 110 valence electrons. The number of benzene rings is 1. The molecular formula is C16H20N4O. The van der Waals surface area contributed by atoms with E-state index in [1.165, 1.54) is 6.42 Å². The van der Waals surface area contributed by atoms with E-state index < -0.39 is 0 Å². The van der Waals surface area contributed by atoms with Gasteiger partial charge in [-0.15, -0.1) is 0 Å². The lowest BCUT2D eigenvalue weighted by molar-refractivity contribution is 0.0944. The molecule has 0 saturated heterocycles. The number of hydrogen-bond donors (Lipinski definition) is 3. The van der Waals surface area contributed by atoms with Crippen molar-refractivity contribution in [1.29, 1.82) is 0 Å². The van der Waals surface area contributed by atoms with Gasteiger partial charge in [0.05, 0.1) is 11.2 Å². The molecule has 4 N–H and O–H groups in total. The van der Waals surface area contributed by atoms with Crippen molar-refractivity contribution in [1.82, 2.24) is 10.3 Å². The van der Waals surface area contributed by atoms with E-state index in [4.69, 9.17) is 5.84 Å². The molecule has 1 fully saturated rings. The Morgan fingerprint density at radius 2 is 2.24 bits per heavy atom. The molecule has 3 rings (SSSR count). The molecule has 0 spiro atoms. The van der Waals surface area contributed by atoms with Crippen LogP contribution in [-0.2, 0) is 0 Å². The zero-order valence-electron chi connectivity index (χ0n) is 12.1. The first-order valence-corrected chi connectivity index (χ1v) is 7.40. The van der Waals surface area contributed by atoms with Gasteiger partial charge in [-0.1, -0.05) is 31.5 Å². The molecule has 1 aromatic carbocycles. The molecule has 1 aromatic heterocycles. The number of rotatable bonds is 5. The molecule has 1 aliphatic rings. The third-order valence-corrected chi connectivity index (χ3v) is 4.00. The van der Waals surface area contributed by atoms with Crippen LogP contribution in [0.3, 0.4) is 0 Å². The molecule has 1 amide bonds. The SMILES string of the molecule is CCCC1CC1NC(=O)c1cc(NN)c2ccccc2n1. The summed E-state index contributed by atoms with van der Waals surface area (Å²) in [6.45, 7) is 2.17. The van der Waals surface area contributed by atoms with Crippen LogP contribution in [0, 0.1) is 5.92 Å². The van der Waals surface area contributed by atoms with Crippen LogP contribution in [0.4, 0.5) is 5.69 Å². The number of aromatic nitrogens is 1. The Labute approximate surface area is 123 Å². The summed E-state index contributed by atoms with van der Waals surface area (Å²) in [4.78, 5) is 16.7. The fourth-order valence-electron chi connectivity index (χ4n) is 2.77. The number of nitrogens with zero attached hydrogens (tertiary/aromatic N) is 1. The smallest absolute Gasteiger partial charge is 0.270 e. The molecule has 0 radical (unpaired) electrons. The number of para-hydroxylation sites is 1. The molecule has 2 unspecified atom stereocenters. The number of anilines is 1. The molecule has 0 bridgehead atoms. The van der Waals surface area contributed by atoms with Crippen LogP contribution in [0.1, 0.15) is 36.7 Å². The summed E-state index contributed by atoms with van der Waals surface area (Å²) >= 11 is 0. The maximum absolute atomic E-state index is 12.3. The predicted octanol–water partition coefficient (Wildman–Crippen LogP) is 2.44. The van der Waals surface area contributed by atoms with Gasteiger partial charge in [0, 0.05) is 11.4 Å². The van der Waals surface area contributed by atoms with Gasteiger partial charge < -0.3 is 10.7 Å². The molecule has 1 saturated carbocycles. The number of nitrogens with two attached hydrogens (primary N) is 1. The Balaban J connectivity index is 1.82. The number of hydrogen-bond acceptors (Lipinski definition) is 4. The highest BCUT2D eigenvalue weighted by molar-refractivity contribution is 5.99. The van der Waals surface area contributed by atoms with Crippen LogP contribution in [0.15, 0.2) is 30.3 Å². The molecule has 0 aliphatic heterocycles. The Hall–Kier alpha value is -2.14. The second-order valence-electron chi connectivity index (χ2n) is 5.58. The van der Waals surface area contributed by atoms with Gasteiger partial charge in [0.25, 0.3) is 5.91 Å². The molecule has 21 heavy (non-hydrogen) atoms. The average molecular weight is 284 g/mol. The molecule has 5 nitrogen and oxygen atoms in total. The fourth-order valence-corrected chi connectivity index (χ4v) is 2.77. The highest BCUT2D eigenvalue weighted by Crippen LogP contribution is 2.34. The third kappa shape index (κ3) is 2.83. The van der Waals surface area contributed by atoms with Crippen LogP contribution < -0.4 is 16.6 Å². The number of pyridine rings is 1. The van der Waals surface area contributed by atoms with Crippen molar-refractivity contribution in [3.63, 3.8) is 0 Å². The van der Waals surface area contributed by atoms with Gasteiger partial charge in [0.1, 0.15) is 5.69 Å². The Kier molecular flexibility index (Phi) is 3.75. The van der Waals surface area contributed by atoms with Gasteiger partial charge in [0.2, 0.25) is 0 Å². The minimum atomic E-state index is -0.124. The van der Waals surface area contributed by atoms with Crippen molar-refractivity contribution in [2.45, 2.75) is 32.2 Å². The number of hydrazine groups is 1. The molecule has 1 heterocycles. The zero-order valence-corrected chi connectivity index (χ0v) is 12.1. The van der Waals surface area contributed by atoms with Gasteiger partial charge in [-0.3, -0.25) is 10.6 Å². The highest BCUT2D eigenvalue weighted by atomic mass is 16.2. The maximum Gasteiger partial charge on any atom is 0.270 e. The highest BCUT2D eigenvalue weighted by Gasteiger charge is 2.37. The normalized spacial score (nSPS) is 20.3. The largest absolute Gasteiger partial charge is 0.348 e. The Morgan fingerprint density at radius 1 is 1.43 bits per heavy atom. The van der Waals surface area contributed by atoms with Gasteiger partial charge in [-0.25, -0.2) is 4.98 Å². The molecule has 1 aliphatic carbocycles. The monoisotopic (exact) mass is 284 g/mol. The molecule has 2 atom stereocenters. The van der Waals surface area contributed by atoms with E-state index in [-0.39, 0.29) is 5.91 Å². The summed E-state index contributed by atoms with van der Waals surface area (Å²) in [6.07, 6.45) is 3.41. The van der Waals surface area contributed by atoms with E-state index in [1.54, 1.807) is 6.07 Å². The van der Waals surface area contributed by atoms with Crippen LogP contribution in [0.25, 0.3) is 10.9 Å². The van der Waals surface area contributed by atoms with Crippen LogP contribution in [0.5, 0.6) is 0 Å². The minimum absolute atomic E-state index is 0.124. The second kappa shape index (κ2) is 5.69. The van der Waals surface area contributed by atoms with Crippen LogP contribution >= 0.6 is 0 Å². The van der Waals surface area contributed by atoms with E-state index >= 15 is 0 Å². The van der Waals surface area contributed by atoms with Crippen molar-refractivity contribution >= 4 is 22.5 Å². The van der Waals surface area contributed by atoms with E-state index in [2.05, 4.69) is 22.7 Å². The minimum Gasteiger partial charge on any atom is -0.348 e. The van der Waals surface area contributed by atoms with Gasteiger partial charge in [-0.05, 0) is 30.9 Å². The van der Waals surface area contributed by atoms with Crippen molar-refractivity contribution in [2.75, 3.05) is 5.43 Å². The third-order valence-electron chi connectivity index (χ3n) is 4.00. The van der Waals surface area contributed by atoms with Gasteiger partial charge >= 0.3 is 0 Å². The van der Waals surface area contributed by atoms with Crippen molar-refractivity contribution in [3.05, 3.63) is 36.0 Å². The Bertz CT molecular complexity index is 670. The molecule has 5 heteroatoms. The van der Waals surface area contributed by atoms with E-state index in [1.807, 2.05) is 24.3 Å².